The van der Waals surface area contributed by atoms with Gasteiger partial charge in [-0.25, -0.2) is 4.79 Å². The van der Waals surface area contributed by atoms with Gasteiger partial charge in [0.05, 0.1) is 12.2 Å². The van der Waals surface area contributed by atoms with Crippen molar-refractivity contribution in [1.82, 2.24) is 0 Å². The number of rotatable bonds is 15. The molecule has 3 aromatic carbocycles. The summed E-state index contributed by atoms with van der Waals surface area (Å²) in [4.78, 5) is 12.6. The summed E-state index contributed by atoms with van der Waals surface area (Å²) in [5.74, 6) is 1.08. The van der Waals surface area contributed by atoms with Gasteiger partial charge in [0.1, 0.15) is 11.5 Å². The summed E-state index contributed by atoms with van der Waals surface area (Å²) in [5, 5.41) is 0. The third-order valence-electron chi connectivity index (χ3n) is 6.36. The first-order valence-corrected chi connectivity index (χ1v) is 14.2. The molecule has 0 radical (unpaired) electrons. The van der Waals surface area contributed by atoms with E-state index >= 15 is 0 Å². The highest BCUT2D eigenvalue weighted by molar-refractivity contribution is 9.10. The van der Waals surface area contributed by atoms with Crippen molar-refractivity contribution in [2.24, 2.45) is 0 Å². The van der Waals surface area contributed by atoms with Crippen LogP contribution in [0, 0.1) is 0 Å². The summed E-state index contributed by atoms with van der Waals surface area (Å²) in [5.41, 5.74) is 3.93. The molecule has 3 nitrogen and oxygen atoms in total. The molecule has 3 aromatic rings. The van der Waals surface area contributed by atoms with Crippen LogP contribution in [0.2, 0.25) is 0 Å². The number of carbonyl (C=O) groups is 1. The van der Waals surface area contributed by atoms with Gasteiger partial charge >= 0.3 is 5.97 Å². The SMILES string of the molecule is CCCCCCCCOc1ccc(-c2ccc(OC(=O)c3ccc(CCCCC)c(Br)c3)cc2)cc1. The monoisotopic (exact) mass is 550 g/mol. The summed E-state index contributed by atoms with van der Waals surface area (Å²) in [7, 11) is 0. The third-order valence-corrected chi connectivity index (χ3v) is 7.10. The second kappa shape index (κ2) is 15.5. The topological polar surface area (TPSA) is 35.5 Å². The molecule has 36 heavy (non-hydrogen) atoms. The molecule has 0 saturated heterocycles. The predicted molar refractivity (Wildman–Crippen MR) is 153 cm³/mol. The number of benzene rings is 3. The molecule has 0 N–H and O–H groups in total. The number of ether oxygens (including phenoxy) is 2. The van der Waals surface area contributed by atoms with E-state index in [2.05, 4.69) is 41.9 Å². The Morgan fingerprint density at radius 1 is 0.694 bits per heavy atom. The van der Waals surface area contributed by atoms with Gasteiger partial charge in [-0.3, -0.25) is 0 Å². The average Bonchev–Trinajstić information content (AvgIpc) is 2.90. The number of hydrogen-bond acceptors (Lipinski definition) is 3. The Hall–Kier alpha value is -2.59. The lowest BCUT2D eigenvalue weighted by molar-refractivity contribution is 0.0734. The Morgan fingerprint density at radius 2 is 1.28 bits per heavy atom. The first-order chi connectivity index (χ1) is 17.6. The minimum absolute atomic E-state index is 0.351. The highest BCUT2D eigenvalue weighted by atomic mass is 79.9. The van der Waals surface area contributed by atoms with Crippen molar-refractivity contribution in [1.29, 1.82) is 0 Å². The van der Waals surface area contributed by atoms with Crippen molar-refractivity contribution in [3.05, 3.63) is 82.3 Å². The Balaban J connectivity index is 1.48. The second-order valence-corrected chi connectivity index (χ2v) is 10.2. The van der Waals surface area contributed by atoms with Crippen LogP contribution in [0.25, 0.3) is 11.1 Å². The van der Waals surface area contributed by atoms with Crippen molar-refractivity contribution in [3.8, 4) is 22.6 Å². The Bertz CT molecular complexity index is 1060. The first-order valence-electron chi connectivity index (χ1n) is 13.4. The molecule has 0 aliphatic rings. The normalized spacial score (nSPS) is 10.9. The third kappa shape index (κ3) is 9.13. The lowest BCUT2D eigenvalue weighted by Crippen LogP contribution is -2.08. The van der Waals surface area contributed by atoms with Gasteiger partial charge in [-0.2, -0.15) is 0 Å². The van der Waals surface area contributed by atoms with Gasteiger partial charge in [-0.05, 0) is 72.4 Å². The molecule has 192 valence electrons. The molecule has 0 unspecified atom stereocenters. The van der Waals surface area contributed by atoms with Crippen molar-refractivity contribution < 1.29 is 14.3 Å². The molecule has 0 amide bonds. The molecule has 3 rings (SSSR count). The van der Waals surface area contributed by atoms with Crippen LogP contribution in [-0.4, -0.2) is 12.6 Å². The maximum atomic E-state index is 12.6. The van der Waals surface area contributed by atoms with E-state index in [1.165, 1.54) is 50.5 Å². The number of aryl methyl sites for hydroxylation is 1. The van der Waals surface area contributed by atoms with E-state index in [1.807, 2.05) is 54.6 Å². The smallest absolute Gasteiger partial charge is 0.343 e. The molecular weight excluding hydrogens is 512 g/mol. The van der Waals surface area contributed by atoms with Gasteiger partial charge in [-0.15, -0.1) is 0 Å². The standard InChI is InChI=1S/C32H39BrO3/c1-3-5-7-8-9-11-23-35-29-19-15-25(16-20-29)26-17-21-30(22-18-26)36-32(34)28-14-13-27(31(33)24-28)12-10-6-4-2/h13-22,24H,3-12,23H2,1-2H3. The predicted octanol–water partition coefficient (Wildman–Crippen LogP) is 9.81. The van der Waals surface area contributed by atoms with Crippen LogP contribution in [0.3, 0.4) is 0 Å². The average molecular weight is 552 g/mol. The van der Waals surface area contributed by atoms with Gasteiger partial charge in [0.25, 0.3) is 0 Å². The minimum atomic E-state index is -0.351. The van der Waals surface area contributed by atoms with Crippen molar-refractivity contribution in [2.45, 2.75) is 78.1 Å². The van der Waals surface area contributed by atoms with E-state index in [1.54, 1.807) is 0 Å². The molecule has 0 aliphatic carbocycles. The van der Waals surface area contributed by atoms with Crippen LogP contribution in [0.4, 0.5) is 0 Å². The van der Waals surface area contributed by atoms with Gasteiger partial charge in [0, 0.05) is 4.47 Å². The summed E-state index contributed by atoms with van der Waals surface area (Å²) in [6.45, 7) is 5.21. The van der Waals surface area contributed by atoms with Crippen LogP contribution in [-0.2, 0) is 6.42 Å². The van der Waals surface area contributed by atoms with E-state index in [-0.39, 0.29) is 5.97 Å². The number of esters is 1. The molecule has 0 aliphatic heterocycles. The Morgan fingerprint density at radius 3 is 1.92 bits per heavy atom. The Labute approximate surface area is 225 Å². The largest absolute Gasteiger partial charge is 0.494 e. The van der Waals surface area contributed by atoms with Crippen molar-refractivity contribution >= 4 is 21.9 Å². The maximum absolute atomic E-state index is 12.6. The molecule has 0 atom stereocenters. The summed E-state index contributed by atoms with van der Waals surface area (Å²) in [6.07, 6.45) is 12.1. The van der Waals surface area contributed by atoms with Crippen molar-refractivity contribution in [3.63, 3.8) is 0 Å². The molecule has 4 heteroatoms. The van der Waals surface area contributed by atoms with Crippen molar-refractivity contribution in [2.75, 3.05) is 6.61 Å². The molecule has 0 heterocycles. The molecule has 0 fully saturated rings. The fourth-order valence-corrected chi connectivity index (χ4v) is 4.72. The highest BCUT2D eigenvalue weighted by Gasteiger charge is 2.11. The van der Waals surface area contributed by atoms with Crippen LogP contribution < -0.4 is 9.47 Å². The lowest BCUT2D eigenvalue weighted by Gasteiger charge is -2.09. The zero-order chi connectivity index (χ0) is 25.6. The van der Waals surface area contributed by atoms with E-state index in [4.69, 9.17) is 9.47 Å². The minimum Gasteiger partial charge on any atom is -0.494 e. The molecule has 0 saturated carbocycles. The van der Waals surface area contributed by atoms with Gasteiger partial charge in [-0.1, -0.05) is 105 Å². The van der Waals surface area contributed by atoms with E-state index in [9.17, 15) is 4.79 Å². The molecule has 0 aromatic heterocycles. The zero-order valence-corrected chi connectivity index (χ0v) is 23.3. The molecular formula is C32H39BrO3. The van der Waals surface area contributed by atoms with Crippen LogP contribution in [0.1, 0.15) is 87.6 Å². The molecule has 0 spiro atoms. The molecule has 0 bridgehead atoms. The maximum Gasteiger partial charge on any atom is 0.343 e. The quantitative estimate of drug-likeness (QED) is 0.107. The number of unbranched alkanes of at least 4 members (excludes halogenated alkanes) is 7. The summed E-state index contributed by atoms with van der Waals surface area (Å²) >= 11 is 3.61. The van der Waals surface area contributed by atoms with Crippen LogP contribution >= 0.6 is 15.9 Å². The van der Waals surface area contributed by atoms with Crippen LogP contribution in [0.5, 0.6) is 11.5 Å². The highest BCUT2D eigenvalue weighted by Crippen LogP contribution is 2.26. The van der Waals surface area contributed by atoms with Gasteiger partial charge in [0.2, 0.25) is 0 Å². The summed E-state index contributed by atoms with van der Waals surface area (Å²) in [6, 6.07) is 21.5. The zero-order valence-electron chi connectivity index (χ0n) is 21.7. The first kappa shape index (κ1) is 28.0. The van der Waals surface area contributed by atoms with Gasteiger partial charge in [0.15, 0.2) is 0 Å². The van der Waals surface area contributed by atoms with E-state index in [0.717, 1.165) is 47.2 Å². The number of halogens is 1. The number of hydrogen-bond donors (Lipinski definition) is 0. The lowest BCUT2D eigenvalue weighted by atomic mass is 10.1. The Kier molecular flexibility index (Phi) is 12.1. The van der Waals surface area contributed by atoms with Gasteiger partial charge < -0.3 is 9.47 Å². The summed E-state index contributed by atoms with van der Waals surface area (Å²) < 4.78 is 12.5. The van der Waals surface area contributed by atoms with Crippen LogP contribution in [0.15, 0.2) is 71.2 Å². The fourth-order valence-electron chi connectivity index (χ4n) is 4.14. The second-order valence-electron chi connectivity index (χ2n) is 9.32. The van der Waals surface area contributed by atoms with E-state index < -0.39 is 0 Å². The number of carbonyl (C=O) groups excluding carboxylic acids is 1. The fraction of sp³-hybridized carbons (Fsp3) is 0.406. The van der Waals surface area contributed by atoms with E-state index in [0.29, 0.717) is 11.3 Å².